The van der Waals surface area contributed by atoms with Gasteiger partial charge >= 0.3 is 5.69 Å². The van der Waals surface area contributed by atoms with E-state index >= 15 is 0 Å². The van der Waals surface area contributed by atoms with Gasteiger partial charge in [-0.3, -0.25) is 23.9 Å². The van der Waals surface area contributed by atoms with E-state index in [9.17, 15) is 19.2 Å². The predicted octanol–water partition coefficient (Wildman–Crippen LogP) is 1.01. The smallest absolute Gasteiger partial charge is 0.330 e. The van der Waals surface area contributed by atoms with Gasteiger partial charge in [0.2, 0.25) is 11.8 Å². The van der Waals surface area contributed by atoms with E-state index in [1.165, 1.54) is 11.6 Å². The molecule has 28 heavy (non-hydrogen) atoms. The fourth-order valence-electron chi connectivity index (χ4n) is 3.42. The number of H-pyrrole nitrogens is 1. The third-order valence-electron chi connectivity index (χ3n) is 4.91. The van der Waals surface area contributed by atoms with Gasteiger partial charge in [-0.15, -0.1) is 0 Å². The molecule has 2 amide bonds. The molecule has 2 aromatic rings. The number of nitrogens with zero attached hydrogens (tertiary/aromatic N) is 2. The van der Waals surface area contributed by atoms with Crippen molar-refractivity contribution in [3.05, 3.63) is 50.7 Å². The van der Waals surface area contributed by atoms with Crippen molar-refractivity contribution in [1.29, 1.82) is 0 Å². The molecule has 0 saturated heterocycles. The normalized spacial score (nSPS) is 15.6. The molecule has 0 aliphatic carbocycles. The zero-order valence-corrected chi connectivity index (χ0v) is 15.8. The first kappa shape index (κ1) is 19.4. The first-order valence-corrected chi connectivity index (χ1v) is 9.14. The summed E-state index contributed by atoms with van der Waals surface area (Å²) in [5.74, 6) is -1.53. The number of likely N-dealkylation sites (N-methyl/N-ethyl adjacent to an activating group) is 1. The predicted molar refractivity (Wildman–Crippen MR) is 106 cm³/mol. The van der Waals surface area contributed by atoms with Crippen molar-refractivity contribution < 1.29 is 9.59 Å². The standard InChI is InChI=1S/C19H23N5O4/c1-3-4-9-24-16(20)15(17(26)22-19(24)28)23(2)18(27)12-10-14(25)21-13-8-6-5-7-11(12)13/h5-8,12H,3-4,9-10,20H2,1-2H3,(H,21,25)(H,22,26,28). The van der Waals surface area contributed by atoms with Crippen LogP contribution in [0.15, 0.2) is 33.9 Å². The van der Waals surface area contributed by atoms with Gasteiger partial charge in [0.15, 0.2) is 5.69 Å². The van der Waals surface area contributed by atoms with Crippen molar-refractivity contribution in [2.75, 3.05) is 23.0 Å². The number of hydrogen-bond donors (Lipinski definition) is 3. The Balaban J connectivity index is 2.02. The molecule has 9 nitrogen and oxygen atoms in total. The Hall–Kier alpha value is -3.36. The molecule has 1 aromatic heterocycles. The molecule has 2 heterocycles. The lowest BCUT2D eigenvalue weighted by Gasteiger charge is -2.29. The number of para-hydroxylation sites is 1. The van der Waals surface area contributed by atoms with Crippen LogP contribution in [-0.2, 0) is 16.1 Å². The van der Waals surface area contributed by atoms with Crippen LogP contribution in [0.1, 0.15) is 37.7 Å². The molecular weight excluding hydrogens is 362 g/mol. The number of hydrogen-bond acceptors (Lipinski definition) is 5. The number of nitrogen functional groups attached to an aromatic ring is 1. The minimum Gasteiger partial charge on any atom is -0.383 e. The number of nitrogens with two attached hydrogens (primary N) is 1. The monoisotopic (exact) mass is 385 g/mol. The van der Waals surface area contributed by atoms with Crippen LogP contribution < -0.4 is 27.2 Å². The zero-order valence-electron chi connectivity index (χ0n) is 15.8. The van der Waals surface area contributed by atoms with E-state index in [1.807, 2.05) is 6.92 Å². The lowest BCUT2D eigenvalue weighted by Crippen LogP contribution is -2.42. The van der Waals surface area contributed by atoms with Gasteiger partial charge in [-0.05, 0) is 18.1 Å². The van der Waals surface area contributed by atoms with Gasteiger partial charge in [0.25, 0.3) is 5.56 Å². The van der Waals surface area contributed by atoms with E-state index in [0.29, 0.717) is 24.2 Å². The Labute approximate surface area is 161 Å². The summed E-state index contributed by atoms with van der Waals surface area (Å²) in [5.41, 5.74) is 5.89. The third-order valence-corrected chi connectivity index (χ3v) is 4.91. The highest BCUT2D eigenvalue weighted by Gasteiger charge is 2.34. The Kier molecular flexibility index (Phi) is 5.34. The van der Waals surface area contributed by atoms with Crippen LogP contribution in [0.2, 0.25) is 0 Å². The van der Waals surface area contributed by atoms with Crippen LogP contribution in [0.4, 0.5) is 17.2 Å². The number of nitrogens with one attached hydrogen (secondary N) is 2. The van der Waals surface area contributed by atoms with E-state index in [0.717, 1.165) is 11.3 Å². The highest BCUT2D eigenvalue weighted by Crippen LogP contribution is 2.34. The third kappa shape index (κ3) is 3.42. The maximum Gasteiger partial charge on any atom is 0.330 e. The number of aromatic nitrogens is 2. The van der Waals surface area contributed by atoms with Gasteiger partial charge in [0.1, 0.15) is 5.82 Å². The lowest BCUT2D eigenvalue weighted by molar-refractivity contribution is -0.124. The van der Waals surface area contributed by atoms with Crippen molar-refractivity contribution in [3.8, 4) is 0 Å². The fraction of sp³-hybridized carbons (Fsp3) is 0.368. The fourth-order valence-corrected chi connectivity index (χ4v) is 3.42. The average molecular weight is 385 g/mol. The molecule has 1 aromatic carbocycles. The maximum atomic E-state index is 13.2. The van der Waals surface area contributed by atoms with Crippen LogP contribution in [0, 0.1) is 0 Å². The van der Waals surface area contributed by atoms with Crippen LogP contribution >= 0.6 is 0 Å². The second-order valence-electron chi connectivity index (χ2n) is 6.79. The molecule has 0 fully saturated rings. The van der Waals surface area contributed by atoms with Gasteiger partial charge in [0, 0.05) is 25.7 Å². The molecule has 0 spiro atoms. The maximum absolute atomic E-state index is 13.2. The zero-order chi connectivity index (χ0) is 20.4. The lowest BCUT2D eigenvalue weighted by atomic mass is 9.89. The number of amides is 2. The largest absolute Gasteiger partial charge is 0.383 e. The van der Waals surface area contributed by atoms with Crippen LogP contribution in [-0.4, -0.2) is 28.4 Å². The van der Waals surface area contributed by atoms with Crippen molar-refractivity contribution in [2.45, 2.75) is 38.6 Å². The first-order chi connectivity index (χ1) is 13.3. The molecule has 4 N–H and O–H groups in total. The Morgan fingerprint density at radius 1 is 1.29 bits per heavy atom. The summed E-state index contributed by atoms with van der Waals surface area (Å²) >= 11 is 0. The molecule has 1 aliphatic rings. The second kappa shape index (κ2) is 7.71. The van der Waals surface area contributed by atoms with Crippen LogP contribution in [0.25, 0.3) is 0 Å². The Bertz CT molecular complexity index is 1040. The molecule has 0 saturated carbocycles. The molecule has 1 unspecified atom stereocenters. The van der Waals surface area contributed by atoms with Gasteiger partial charge in [-0.1, -0.05) is 31.5 Å². The Morgan fingerprint density at radius 3 is 2.71 bits per heavy atom. The molecule has 148 valence electrons. The van der Waals surface area contributed by atoms with Crippen molar-refractivity contribution in [3.63, 3.8) is 0 Å². The number of fused-ring (bicyclic) bond motifs is 1. The molecule has 0 radical (unpaired) electrons. The number of unbranched alkanes of at least 4 members (excludes halogenated alkanes) is 1. The summed E-state index contributed by atoms with van der Waals surface area (Å²) in [6.45, 7) is 2.30. The number of rotatable bonds is 5. The molecule has 3 rings (SSSR count). The summed E-state index contributed by atoms with van der Waals surface area (Å²) in [6, 6.07) is 7.03. The Morgan fingerprint density at radius 2 is 2.00 bits per heavy atom. The van der Waals surface area contributed by atoms with Crippen molar-refractivity contribution in [1.82, 2.24) is 9.55 Å². The number of benzene rings is 1. The van der Waals surface area contributed by atoms with Gasteiger partial charge < -0.3 is 16.0 Å². The van der Waals surface area contributed by atoms with E-state index < -0.39 is 23.1 Å². The van der Waals surface area contributed by atoms with Crippen molar-refractivity contribution >= 4 is 29.0 Å². The number of aromatic amines is 1. The van der Waals surface area contributed by atoms with E-state index in [-0.39, 0.29) is 23.8 Å². The molecule has 9 heteroatoms. The molecule has 0 bridgehead atoms. The van der Waals surface area contributed by atoms with Crippen LogP contribution in [0.5, 0.6) is 0 Å². The summed E-state index contributed by atoms with van der Waals surface area (Å²) in [6.07, 6.45) is 1.50. The molecule has 1 aliphatic heterocycles. The van der Waals surface area contributed by atoms with Gasteiger partial charge in [0.05, 0.1) is 5.92 Å². The second-order valence-corrected chi connectivity index (χ2v) is 6.79. The minimum atomic E-state index is -0.746. The topological polar surface area (TPSA) is 130 Å². The first-order valence-electron chi connectivity index (χ1n) is 9.14. The van der Waals surface area contributed by atoms with E-state index in [1.54, 1.807) is 24.3 Å². The van der Waals surface area contributed by atoms with Gasteiger partial charge in [-0.25, -0.2) is 4.79 Å². The van der Waals surface area contributed by atoms with Crippen LogP contribution in [0.3, 0.4) is 0 Å². The molecular formula is C19H23N5O4. The summed E-state index contributed by atoms with van der Waals surface area (Å²) in [4.78, 5) is 53.1. The number of carbonyl (C=O) groups is 2. The molecule has 1 atom stereocenters. The highest BCUT2D eigenvalue weighted by molar-refractivity contribution is 6.06. The number of anilines is 3. The van der Waals surface area contributed by atoms with Gasteiger partial charge in [-0.2, -0.15) is 0 Å². The summed E-state index contributed by atoms with van der Waals surface area (Å²) in [5, 5.41) is 2.74. The number of carbonyl (C=O) groups excluding carboxylic acids is 2. The average Bonchev–Trinajstić information content (AvgIpc) is 2.66. The summed E-state index contributed by atoms with van der Waals surface area (Å²) in [7, 11) is 1.42. The van der Waals surface area contributed by atoms with E-state index in [2.05, 4.69) is 10.3 Å². The SMILES string of the molecule is CCCCn1c(N)c(N(C)C(=O)C2CC(=O)Nc3ccccc32)c(=O)[nH]c1=O. The quantitative estimate of drug-likeness (QED) is 0.707. The minimum absolute atomic E-state index is 0.0343. The van der Waals surface area contributed by atoms with Crippen molar-refractivity contribution in [2.24, 2.45) is 0 Å². The highest BCUT2D eigenvalue weighted by atomic mass is 16.2. The summed E-state index contributed by atoms with van der Waals surface area (Å²) < 4.78 is 1.26. The van der Waals surface area contributed by atoms with E-state index in [4.69, 9.17) is 5.73 Å².